The summed E-state index contributed by atoms with van der Waals surface area (Å²) in [6, 6.07) is 13.7. The highest BCUT2D eigenvalue weighted by molar-refractivity contribution is 5.95. The molecule has 2 aliphatic heterocycles. The van der Waals surface area contributed by atoms with Crippen molar-refractivity contribution in [1.29, 1.82) is 0 Å². The highest BCUT2D eigenvalue weighted by Crippen LogP contribution is 2.64. The van der Waals surface area contributed by atoms with Crippen molar-refractivity contribution in [2.24, 2.45) is 23.7 Å². The van der Waals surface area contributed by atoms with E-state index in [-0.39, 0.29) is 23.7 Å². The molecule has 4 aliphatic rings. The Morgan fingerprint density at radius 3 is 2.51 bits per heavy atom. The molecular formula is C31H38O6. The van der Waals surface area contributed by atoms with E-state index < -0.39 is 36.0 Å². The SMILES string of the molecule is C[C@@H]1CC[C@@H]2[C@@H]1[C@H](OC(=O)c1ccc3ccccc3c1)[C@]1(C3CCCCC3)C[C@@H](OC(=O)CO)[C@@]2(C)O1. The first-order valence-corrected chi connectivity index (χ1v) is 14.1. The van der Waals surface area contributed by atoms with Gasteiger partial charge in [-0.25, -0.2) is 9.59 Å². The van der Waals surface area contributed by atoms with Crippen LogP contribution in [0.4, 0.5) is 0 Å². The summed E-state index contributed by atoms with van der Waals surface area (Å²) in [5.41, 5.74) is -0.792. The largest absolute Gasteiger partial charge is 0.457 e. The van der Waals surface area contributed by atoms with Crippen LogP contribution < -0.4 is 0 Å². The van der Waals surface area contributed by atoms with Gasteiger partial charge in [0.05, 0.1) is 5.56 Å². The van der Waals surface area contributed by atoms with Gasteiger partial charge in [-0.3, -0.25) is 0 Å². The number of carbonyl (C=O) groups excluding carboxylic acids is 2. The van der Waals surface area contributed by atoms with Gasteiger partial charge >= 0.3 is 11.9 Å². The number of ether oxygens (including phenoxy) is 3. The summed E-state index contributed by atoms with van der Waals surface area (Å²) in [7, 11) is 0. The Morgan fingerprint density at radius 1 is 1.00 bits per heavy atom. The predicted octanol–water partition coefficient (Wildman–Crippen LogP) is 5.44. The molecule has 0 aromatic heterocycles. The van der Waals surface area contributed by atoms with Gasteiger partial charge in [-0.1, -0.05) is 56.5 Å². The Hall–Kier alpha value is -2.44. The Bertz CT molecular complexity index is 1190. The minimum Gasteiger partial charge on any atom is -0.457 e. The van der Waals surface area contributed by atoms with Crippen molar-refractivity contribution in [1.82, 2.24) is 0 Å². The van der Waals surface area contributed by atoms with E-state index in [1.54, 1.807) is 0 Å². The molecule has 2 aliphatic carbocycles. The zero-order valence-electron chi connectivity index (χ0n) is 21.9. The summed E-state index contributed by atoms with van der Waals surface area (Å²) in [4.78, 5) is 26.0. The van der Waals surface area contributed by atoms with Crippen LogP contribution in [0.3, 0.4) is 0 Å². The van der Waals surface area contributed by atoms with Crippen molar-refractivity contribution in [3.63, 3.8) is 0 Å². The van der Waals surface area contributed by atoms with E-state index in [0.29, 0.717) is 17.9 Å². The molecule has 37 heavy (non-hydrogen) atoms. The van der Waals surface area contributed by atoms with Gasteiger partial charge in [0, 0.05) is 12.3 Å². The maximum absolute atomic E-state index is 13.7. The first-order chi connectivity index (χ1) is 17.9. The minimum atomic E-state index is -0.693. The highest BCUT2D eigenvalue weighted by Gasteiger charge is 2.73. The third-order valence-corrected chi connectivity index (χ3v) is 10.1. The van der Waals surface area contributed by atoms with Crippen molar-refractivity contribution < 1.29 is 28.9 Å². The van der Waals surface area contributed by atoms with E-state index in [1.165, 1.54) is 6.42 Å². The molecule has 2 saturated heterocycles. The molecule has 0 radical (unpaired) electrons. The molecule has 1 N–H and O–H groups in total. The maximum Gasteiger partial charge on any atom is 0.338 e. The fourth-order valence-electron chi connectivity index (χ4n) is 8.33. The van der Waals surface area contributed by atoms with E-state index >= 15 is 0 Å². The number of esters is 2. The maximum atomic E-state index is 13.7. The summed E-state index contributed by atoms with van der Waals surface area (Å²) < 4.78 is 19.6. The van der Waals surface area contributed by atoms with E-state index in [0.717, 1.165) is 49.3 Å². The average Bonchev–Trinajstić information content (AvgIpc) is 3.44. The zero-order chi connectivity index (χ0) is 25.8. The smallest absolute Gasteiger partial charge is 0.338 e. The standard InChI is InChI=1S/C31H38O6/c1-19-12-15-24-27(19)28(36-29(34)22-14-13-20-8-6-7-9-21(20)16-22)31(23-10-4-3-5-11-23)17-25(30(24,2)37-31)35-26(33)18-32/h6-9,13-14,16,19,23-25,27-28,32H,3-5,10-12,15,17-18H2,1-2H3/t19-,24-,25-,27-,28+,30+,31-/m1/s1. The van der Waals surface area contributed by atoms with E-state index in [1.807, 2.05) is 42.5 Å². The third kappa shape index (κ3) is 3.99. The number of rotatable bonds is 5. The summed E-state index contributed by atoms with van der Waals surface area (Å²) in [5, 5.41) is 11.5. The Morgan fingerprint density at radius 2 is 1.76 bits per heavy atom. The number of carbonyl (C=O) groups is 2. The number of hydrogen-bond acceptors (Lipinski definition) is 6. The van der Waals surface area contributed by atoms with Gasteiger partial charge in [0.15, 0.2) is 0 Å². The van der Waals surface area contributed by atoms with Gasteiger partial charge in [0.25, 0.3) is 0 Å². The van der Waals surface area contributed by atoms with Crippen LogP contribution in [0.15, 0.2) is 42.5 Å². The topological polar surface area (TPSA) is 82.1 Å². The number of hydrogen-bond donors (Lipinski definition) is 1. The second kappa shape index (κ2) is 9.39. The monoisotopic (exact) mass is 506 g/mol. The van der Waals surface area contributed by atoms with Crippen LogP contribution >= 0.6 is 0 Å². The van der Waals surface area contributed by atoms with Gasteiger partial charge in [-0.15, -0.1) is 0 Å². The number of aliphatic hydroxyl groups excluding tert-OH is 1. The van der Waals surface area contributed by atoms with Crippen molar-refractivity contribution in [3.05, 3.63) is 48.0 Å². The lowest BCUT2D eigenvalue weighted by Gasteiger charge is -2.54. The Balaban J connectivity index is 1.40. The summed E-state index contributed by atoms with van der Waals surface area (Å²) in [6.45, 7) is 3.71. The van der Waals surface area contributed by atoms with Crippen LogP contribution in [-0.4, -0.2) is 47.1 Å². The Kier molecular flexibility index (Phi) is 6.31. The molecule has 2 heterocycles. The van der Waals surface area contributed by atoms with Gasteiger partial charge in [0.1, 0.15) is 30.0 Å². The zero-order valence-corrected chi connectivity index (χ0v) is 21.9. The number of benzene rings is 2. The molecule has 2 bridgehead atoms. The van der Waals surface area contributed by atoms with Crippen molar-refractivity contribution in [3.8, 4) is 0 Å². The first-order valence-electron chi connectivity index (χ1n) is 14.1. The van der Waals surface area contributed by atoms with Gasteiger partial charge < -0.3 is 19.3 Å². The normalized spacial score (nSPS) is 37.3. The molecule has 6 nitrogen and oxygen atoms in total. The van der Waals surface area contributed by atoms with Gasteiger partial charge in [-0.2, -0.15) is 0 Å². The lowest BCUT2D eigenvalue weighted by Crippen LogP contribution is -2.63. The van der Waals surface area contributed by atoms with Gasteiger partial charge in [0.2, 0.25) is 0 Å². The lowest BCUT2D eigenvalue weighted by molar-refractivity contribution is -0.265. The quantitative estimate of drug-likeness (QED) is 0.544. The molecule has 0 unspecified atom stereocenters. The predicted molar refractivity (Wildman–Crippen MR) is 139 cm³/mol. The van der Waals surface area contributed by atoms with E-state index in [2.05, 4.69) is 13.8 Å². The molecule has 0 spiro atoms. The molecule has 0 amide bonds. The van der Waals surface area contributed by atoms with Crippen molar-refractivity contribution in [2.75, 3.05) is 6.61 Å². The fourth-order valence-corrected chi connectivity index (χ4v) is 8.33. The molecule has 198 valence electrons. The number of aliphatic hydroxyl groups is 1. The molecule has 6 heteroatoms. The molecule has 6 rings (SSSR count). The summed E-state index contributed by atoms with van der Waals surface area (Å²) in [6.07, 6.45) is 7.12. The van der Waals surface area contributed by atoms with Crippen molar-refractivity contribution >= 4 is 22.7 Å². The van der Waals surface area contributed by atoms with Crippen molar-refractivity contribution in [2.45, 2.75) is 88.6 Å². The summed E-state index contributed by atoms with van der Waals surface area (Å²) >= 11 is 0. The second-order valence-corrected chi connectivity index (χ2v) is 12.0. The Labute approximate surface area is 218 Å². The first kappa shape index (κ1) is 24.9. The highest BCUT2D eigenvalue weighted by atomic mass is 16.6. The molecule has 2 aromatic carbocycles. The fraction of sp³-hybridized carbons (Fsp3) is 0.613. The average molecular weight is 507 g/mol. The van der Waals surface area contributed by atoms with Crippen LogP contribution in [0.25, 0.3) is 10.8 Å². The lowest BCUT2D eigenvalue weighted by atomic mass is 9.66. The molecule has 2 aromatic rings. The molecule has 7 atom stereocenters. The van der Waals surface area contributed by atoms with E-state index in [4.69, 9.17) is 14.2 Å². The summed E-state index contributed by atoms with van der Waals surface area (Å²) in [5.74, 6) is -0.0600. The number of fused-ring (bicyclic) bond motifs is 5. The molecule has 4 fully saturated rings. The van der Waals surface area contributed by atoms with Crippen LogP contribution in [0.2, 0.25) is 0 Å². The second-order valence-electron chi connectivity index (χ2n) is 12.0. The van der Waals surface area contributed by atoms with Crippen LogP contribution in [0.5, 0.6) is 0 Å². The minimum absolute atomic E-state index is 0.118. The van der Waals surface area contributed by atoms with Crippen LogP contribution in [0, 0.1) is 23.7 Å². The van der Waals surface area contributed by atoms with Crippen LogP contribution in [0.1, 0.15) is 75.6 Å². The van der Waals surface area contributed by atoms with Gasteiger partial charge in [-0.05, 0) is 73.3 Å². The van der Waals surface area contributed by atoms with Crippen LogP contribution in [-0.2, 0) is 19.0 Å². The van der Waals surface area contributed by atoms with E-state index in [9.17, 15) is 14.7 Å². The third-order valence-electron chi connectivity index (χ3n) is 10.1. The molecule has 2 saturated carbocycles. The molecular weight excluding hydrogens is 468 g/mol.